The first-order chi connectivity index (χ1) is 5.15. The molecule has 0 nitrogen and oxygen atoms in total. The first-order valence-electron chi connectivity index (χ1n) is 3.59. The Hall–Kier alpha value is 0.180. The minimum absolute atomic E-state index is 1.08. The lowest BCUT2D eigenvalue weighted by molar-refractivity contribution is 1.12. The van der Waals surface area contributed by atoms with E-state index in [0.717, 1.165) is 6.42 Å². The first kappa shape index (κ1) is 9.27. The van der Waals surface area contributed by atoms with Gasteiger partial charge in [0.25, 0.3) is 0 Å². The van der Waals surface area contributed by atoms with Crippen LogP contribution in [0.1, 0.15) is 18.1 Å². The summed E-state index contributed by atoms with van der Waals surface area (Å²) in [5.74, 6) is 0. The lowest BCUT2D eigenvalue weighted by atomic mass is 10.1. The van der Waals surface area contributed by atoms with Crippen LogP contribution in [-0.2, 0) is 6.42 Å². The summed E-state index contributed by atoms with van der Waals surface area (Å²) in [4.78, 5) is 0. The topological polar surface area (TPSA) is 0 Å². The van der Waals surface area contributed by atoms with E-state index in [4.69, 9.17) is 0 Å². The fraction of sp³-hybridized carbons (Fsp3) is 0.333. The molecule has 0 unspecified atom stereocenters. The fourth-order valence-electron chi connectivity index (χ4n) is 0.902. The van der Waals surface area contributed by atoms with E-state index in [9.17, 15) is 0 Å². The molecule has 0 fully saturated rings. The molecule has 1 aromatic rings. The maximum atomic E-state index is 3.51. The van der Waals surface area contributed by atoms with Crippen LogP contribution in [0.4, 0.5) is 0 Å². The maximum absolute atomic E-state index is 3.51. The quantitative estimate of drug-likeness (QED) is 0.726. The molecule has 0 aliphatic heterocycles. The average molecular weight is 278 g/mol. The van der Waals surface area contributed by atoms with Gasteiger partial charge in [-0.3, -0.25) is 0 Å². The summed E-state index contributed by atoms with van der Waals surface area (Å²) in [5, 5.41) is 0. The second kappa shape index (κ2) is 3.72. The summed E-state index contributed by atoms with van der Waals surface area (Å²) in [6.07, 6.45) is 1.08. The number of hydrogen-bond donors (Lipinski definition) is 0. The molecule has 0 saturated heterocycles. The zero-order chi connectivity index (χ0) is 8.43. The molecule has 0 aromatic heterocycles. The highest BCUT2D eigenvalue weighted by molar-refractivity contribution is 9.11. The molecular weight excluding hydrogens is 268 g/mol. The van der Waals surface area contributed by atoms with Gasteiger partial charge in [-0.05, 0) is 36.6 Å². The predicted octanol–water partition coefficient (Wildman–Crippen LogP) is 4.08. The van der Waals surface area contributed by atoms with Crippen molar-refractivity contribution < 1.29 is 0 Å². The number of rotatable bonds is 1. The lowest BCUT2D eigenvalue weighted by Gasteiger charge is -2.04. The zero-order valence-corrected chi connectivity index (χ0v) is 9.79. The van der Waals surface area contributed by atoms with E-state index in [2.05, 4.69) is 57.8 Å². The van der Waals surface area contributed by atoms with Gasteiger partial charge in [0.15, 0.2) is 0 Å². The van der Waals surface area contributed by atoms with E-state index in [-0.39, 0.29) is 0 Å². The van der Waals surface area contributed by atoms with Gasteiger partial charge in [0.1, 0.15) is 0 Å². The van der Waals surface area contributed by atoms with Crippen molar-refractivity contribution in [3.05, 3.63) is 32.2 Å². The van der Waals surface area contributed by atoms with Crippen LogP contribution >= 0.6 is 31.9 Å². The molecule has 0 aliphatic carbocycles. The summed E-state index contributed by atoms with van der Waals surface area (Å²) >= 11 is 7.02. The Labute approximate surface area is 84.3 Å². The molecule has 0 radical (unpaired) electrons. The van der Waals surface area contributed by atoms with Crippen LogP contribution in [0.5, 0.6) is 0 Å². The van der Waals surface area contributed by atoms with Crippen molar-refractivity contribution >= 4 is 31.9 Å². The number of hydrogen-bond acceptors (Lipinski definition) is 0. The van der Waals surface area contributed by atoms with Crippen molar-refractivity contribution in [3.63, 3.8) is 0 Å². The molecule has 0 atom stereocenters. The summed E-state index contributed by atoms with van der Waals surface area (Å²) in [6, 6.07) is 4.33. The van der Waals surface area contributed by atoms with Crippen molar-refractivity contribution in [1.82, 2.24) is 0 Å². The Kier molecular flexibility index (Phi) is 3.14. The van der Waals surface area contributed by atoms with Crippen LogP contribution in [0.15, 0.2) is 21.1 Å². The third-order valence-electron chi connectivity index (χ3n) is 1.75. The van der Waals surface area contributed by atoms with Gasteiger partial charge in [0.05, 0.1) is 0 Å². The molecule has 0 amide bonds. The normalized spacial score (nSPS) is 10.2. The zero-order valence-electron chi connectivity index (χ0n) is 6.62. The molecule has 11 heavy (non-hydrogen) atoms. The van der Waals surface area contributed by atoms with Gasteiger partial charge in [-0.1, -0.05) is 38.8 Å². The molecule has 1 rings (SSSR count). The van der Waals surface area contributed by atoms with E-state index < -0.39 is 0 Å². The van der Waals surface area contributed by atoms with E-state index in [1.54, 1.807) is 0 Å². The van der Waals surface area contributed by atoms with Crippen molar-refractivity contribution in [2.75, 3.05) is 0 Å². The summed E-state index contributed by atoms with van der Waals surface area (Å²) in [5.41, 5.74) is 2.62. The standard InChI is InChI=1S/C9H10Br2/c1-3-7-4-8(10)6(2)9(11)5-7/h4-5H,3H2,1-2H3. The third-order valence-corrected chi connectivity index (χ3v) is 3.40. The van der Waals surface area contributed by atoms with Gasteiger partial charge in [0, 0.05) is 8.95 Å². The largest absolute Gasteiger partial charge is 0.0613 e. The Balaban J connectivity index is 3.21. The number of halogens is 2. The molecule has 0 heterocycles. The molecule has 60 valence electrons. The lowest BCUT2D eigenvalue weighted by Crippen LogP contribution is -1.84. The maximum Gasteiger partial charge on any atom is 0.0218 e. The third kappa shape index (κ3) is 2.06. The van der Waals surface area contributed by atoms with Gasteiger partial charge in [0.2, 0.25) is 0 Å². The van der Waals surface area contributed by atoms with Crippen LogP contribution in [-0.4, -0.2) is 0 Å². The molecule has 0 aliphatic rings. The minimum Gasteiger partial charge on any atom is -0.0613 e. The number of aryl methyl sites for hydroxylation is 1. The fourth-order valence-corrected chi connectivity index (χ4v) is 2.18. The smallest absolute Gasteiger partial charge is 0.0218 e. The molecule has 0 spiro atoms. The Morgan fingerprint density at radius 3 is 2.00 bits per heavy atom. The Morgan fingerprint density at radius 1 is 1.18 bits per heavy atom. The number of benzene rings is 1. The Morgan fingerprint density at radius 2 is 1.64 bits per heavy atom. The SMILES string of the molecule is CCc1cc(Br)c(C)c(Br)c1. The van der Waals surface area contributed by atoms with Crippen LogP contribution in [0.25, 0.3) is 0 Å². The second-order valence-corrected chi connectivity index (χ2v) is 4.25. The van der Waals surface area contributed by atoms with Crippen molar-refractivity contribution in [1.29, 1.82) is 0 Å². The van der Waals surface area contributed by atoms with Crippen LogP contribution in [0, 0.1) is 6.92 Å². The molecule has 0 N–H and O–H groups in total. The minimum atomic E-state index is 1.08. The summed E-state index contributed by atoms with van der Waals surface area (Å²) < 4.78 is 2.37. The van der Waals surface area contributed by atoms with Crippen LogP contribution < -0.4 is 0 Å². The average Bonchev–Trinajstić information content (AvgIpc) is 1.99. The highest BCUT2D eigenvalue weighted by Crippen LogP contribution is 2.26. The van der Waals surface area contributed by atoms with Crippen LogP contribution in [0.2, 0.25) is 0 Å². The van der Waals surface area contributed by atoms with Crippen molar-refractivity contribution in [2.45, 2.75) is 20.3 Å². The van der Waals surface area contributed by atoms with Gasteiger partial charge in [-0.25, -0.2) is 0 Å². The summed E-state index contributed by atoms with van der Waals surface area (Å²) in [6.45, 7) is 4.25. The Bertz CT molecular complexity index is 243. The highest BCUT2D eigenvalue weighted by atomic mass is 79.9. The van der Waals surface area contributed by atoms with E-state index in [1.807, 2.05) is 0 Å². The predicted molar refractivity (Wildman–Crippen MR) is 56.0 cm³/mol. The van der Waals surface area contributed by atoms with Gasteiger partial charge in [-0.15, -0.1) is 0 Å². The van der Waals surface area contributed by atoms with E-state index in [1.165, 1.54) is 20.1 Å². The molecule has 0 bridgehead atoms. The van der Waals surface area contributed by atoms with Crippen LogP contribution in [0.3, 0.4) is 0 Å². The highest BCUT2D eigenvalue weighted by Gasteiger charge is 2.00. The second-order valence-electron chi connectivity index (χ2n) is 2.54. The molecular formula is C9H10Br2. The van der Waals surface area contributed by atoms with Gasteiger partial charge in [-0.2, -0.15) is 0 Å². The van der Waals surface area contributed by atoms with Gasteiger partial charge < -0.3 is 0 Å². The molecule has 2 heteroatoms. The molecule has 1 aromatic carbocycles. The van der Waals surface area contributed by atoms with Crippen molar-refractivity contribution in [2.24, 2.45) is 0 Å². The van der Waals surface area contributed by atoms with E-state index >= 15 is 0 Å². The van der Waals surface area contributed by atoms with Crippen molar-refractivity contribution in [3.8, 4) is 0 Å². The molecule has 0 saturated carbocycles. The van der Waals surface area contributed by atoms with E-state index in [0.29, 0.717) is 0 Å². The first-order valence-corrected chi connectivity index (χ1v) is 5.18. The monoisotopic (exact) mass is 276 g/mol. The summed E-state index contributed by atoms with van der Waals surface area (Å²) in [7, 11) is 0. The van der Waals surface area contributed by atoms with Gasteiger partial charge >= 0.3 is 0 Å².